The number of primary amides is 1. The summed E-state index contributed by atoms with van der Waals surface area (Å²) in [5.74, 6) is -0.383. The minimum absolute atomic E-state index is 0.159. The Balaban J connectivity index is 0.000000166. The van der Waals surface area contributed by atoms with Gasteiger partial charge in [0.05, 0.1) is 23.1 Å². The highest BCUT2D eigenvalue weighted by atomic mass is 35.5. The van der Waals surface area contributed by atoms with Crippen LogP contribution in [0.4, 0.5) is 0 Å². The molecule has 152 valence electrons. The molecule has 0 bridgehead atoms. The largest absolute Gasteiger partial charge is 0.369 e. The van der Waals surface area contributed by atoms with Crippen LogP contribution in [0.5, 0.6) is 0 Å². The summed E-state index contributed by atoms with van der Waals surface area (Å²) in [4.78, 5) is 24.1. The lowest BCUT2D eigenvalue weighted by Gasteiger charge is -2.08. The van der Waals surface area contributed by atoms with Crippen molar-refractivity contribution in [1.82, 2.24) is 15.0 Å². The third-order valence-electron chi connectivity index (χ3n) is 4.71. The van der Waals surface area contributed by atoms with Gasteiger partial charge in [-0.3, -0.25) is 14.8 Å². The van der Waals surface area contributed by atoms with Crippen LogP contribution in [-0.2, 0) is 11.2 Å². The predicted octanol–water partition coefficient (Wildman–Crippen LogP) is 5.21. The van der Waals surface area contributed by atoms with Crippen molar-refractivity contribution in [2.75, 3.05) is 0 Å². The van der Waals surface area contributed by atoms with E-state index in [4.69, 9.17) is 17.3 Å². The SMILES string of the molecule is NC(=O)Cc1cc2ncccc2c2nc(Cl)ccc12.c1ccc(-c2ccccn2)cc1. The van der Waals surface area contributed by atoms with Gasteiger partial charge in [0, 0.05) is 28.7 Å². The van der Waals surface area contributed by atoms with E-state index in [2.05, 4.69) is 27.1 Å². The molecule has 0 aliphatic carbocycles. The second-order valence-corrected chi connectivity index (χ2v) is 7.25. The third kappa shape index (κ3) is 4.85. The number of carbonyl (C=O) groups is 1. The first-order chi connectivity index (χ1) is 15.1. The van der Waals surface area contributed by atoms with E-state index in [1.54, 1.807) is 12.3 Å². The first-order valence-corrected chi connectivity index (χ1v) is 10.1. The molecule has 2 N–H and O–H groups in total. The van der Waals surface area contributed by atoms with E-state index in [1.165, 1.54) is 0 Å². The number of rotatable bonds is 3. The van der Waals surface area contributed by atoms with Crippen LogP contribution in [0.2, 0.25) is 5.15 Å². The highest BCUT2D eigenvalue weighted by Crippen LogP contribution is 2.27. The molecule has 1 amide bonds. The third-order valence-corrected chi connectivity index (χ3v) is 4.92. The van der Waals surface area contributed by atoms with Gasteiger partial charge in [-0.15, -0.1) is 0 Å². The molecule has 5 rings (SSSR count). The highest BCUT2D eigenvalue weighted by Gasteiger charge is 2.10. The van der Waals surface area contributed by atoms with Gasteiger partial charge in [0.2, 0.25) is 5.91 Å². The Morgan fingerprint density at radius 2 is 1.61 bits per heavy atom. The van der Waals surface area contributed by atoms with Crippen molar-refractivity contribution in [3.63, 3.8) is 0 Å². The lowest BCUT2D eigenvalue weighted by atomic mass is 10.0. The van der Waals surface area contributed by atoms with Crippen LogP contribution in [0.25, 0.3) is 33.1 Å². The summed E-state index contributed by atoms with van der Waals surface area (Å²) in [5.41, 5.74) is 9.82. The van der Waals surface area contributed by atoms with Gasteiger partial charge in [0.15, 0.2) is 0 Å². The standard InChI is InChI=1S/C14H10ClN3O.C11H9N/c15-12-4-3-9-8(7-13(16)19)6-11-10(14(9)18-12)2-1-5-17-11;1-2-6-10(7-3-1)11-8-4-5-9-12-11/h1-6H,7H2,(H2,16,19);1-9H. The van der Waals surface area contributed by atoms with Crippen LogP contribution in [-0.4, -0.2) is 20.9 Å². The van der Waals surface area contributed by atoms with Crippen LogP contribution >= 0.6 is 11.6 Å². The van der Waals surface area contributed by atoms with Gasteiger partial charge in [-0.25, -0.2) is 4.98 Å². The molecule has 0 saturated carbocycles. The van der Waals surface area contributed by atoms with E-state index in [9.17, 15) is 4.79 Å². The molecule has 0 atom stereocenters. The molecule has 0 saturated heterocycles. The van der Waals surface area contributed by atoms with E-state index in [0.717, 1.165) is 38.6 Å². The predicted molar refractivity (Wildman–Crippen MR) is 125 cm³/mol. The molecule has 0 aliphatic rings. The summed E-state index contributed by atoms with van der Waals surface area (Å²) in [6.45, 7) is 0. The fourth-order valence-electron chi connectivity index (χ4n) is 3.35. The Bertz CT molecular complexity index is 1300. The minimum atomic E-state index is -0.383. The molecule has 3 heterocycles. The average molecular weight is 427 g/mol. The first kappa shape index (κ1) is 20.4. The van der Waals surface area contributed by atoms with Crippen LogP contribution in [0.15, 0.2) is 91.3 Å². The summed E-state index contributed by atoms with van der Waals surface area (Å²) in [7, 11) is 0. The van der Waals surface area contributed by atoms with Crippen molar-refractivity contribution in [2.45, 2.75) is 6.42 Å². The van der Waals surface area contributed by atoms with Crippen LogP contribution in [0.3, 0.4) is 0 Å². The summed E-state index contributed by atoms with van der Waals surface area (Å²) in [6.07, 6.45) is 3.67. The fraction of sp³-hybridized carbons (Fsp3) is 0.0400. The van der Waals surface area contributed by atoms with Crippen LogP contribution in [0.1, 0.15) is 5.56 Å². The maximum Gasteiger partial charge on any atom is 0.221 e. The Hall–Kier alpha value is -3.83. The maximum atomic E-state index is 11.2. The van der Waals surface area contributed by atoms with Gasteiger partial charge in [-0.2, -0.15) is 0 Å². The van der Waals surface area contributed by atoms with E-state index in [-0.39, 0.29) is 12.3 Å². The summed E-state index contributed by atoms with van der Waals surface area (Å²) >= 11 is 5.95. The number of pyridine rings is 3. The summed E-state index contributed by atoms with van der Waals surface area (Å²) in [5, 5.41) is 2.20. The fourth-order valence-corrected chi connectivity index (χ4v) is 3.50. The van der Waals surface area contributed by atoms with Gasteiger partial charge >= 0.3 is 0 Å². The normalized spacial score (nSPS) is 10.5. The number of nitrogens with two attached hydrogens (primary N) is 1. The number of halogens is 1. The molecule has 5 nitrogen and oxygen atoms in total. The molecule has 2 aromatic carbocycles. The summed E-state index contributed by atoms with van der Waals surface area (Å²) in [6, 6.07) is 25.3. The molecular weight excluding hydrogens is 408 g/mol. The molecule has 0 spiro atoms. The lowest BCUT2D eigenvalue weighted by Crippen LogP contribution is -2.14. The molecule has 0 aliphatic heterocycles. The number of hydrogen-bond acceptors (Lipinski definition) is 4. The van der Waals surface area contributed by atoms with Gasteiger partial charge in [-0.1, -0.05) is 48.0 Å². The van der Waals surface area contributed by atoms with Gasteiger partial charge in [0.1, 0.15) is 5.15 Å². The molecule has 31 heavy (non-hydrogen) atoms. The number of nitrogens with zero attached hydrogens (tertiary/aromatic N) is 3. The van der Waals surface area contributed by atoms with Crippen molar-refractivity contribution in [3.05, 3.63) is 102 Å². The van der Waals surface area contributed by atoms with E-state index in [1.807, 2.05) is 66.9 Å². The van der Waals surface area contributed by atoms with Crippen molar-refractivity contribution >= 4 is 39.3 Å². The molecule has 0 unspecified atom stereocenters. The topological polar surface area (TPSA) is 81.8 Å². The Morgan fingerprint density at radius 3 is 2.35 bits per heavy atom. The van der Waals surface area contributed by atoms with Gasteiger partial charge in [-0.05, 0) is 48.0 Å². The van der Waals surface area contributed by atoms with Crippen molar-refractivity contribution in [3.8, 4) is 11.3 Å². The number of amides is 1. The summed E-state index contributed by atoms with van der Waals surface area (Å²) < 4.78 is 0. The lowest BCUT2D eigenvalue weighted by molar-refractivity contribution is -0.117. The maximum absolute atomic E-state index is 11.2. The zero-order valence-corrected chi connectivity index (χ0v) is 17.3. The Kier molecular flexibility index (Phi) is 6.15. The molecule has 6 heteroatoms. The molecule has 0 radical (unpaired) electrons. The second kappa shape index (κ2) is 9.32. The minimum Gasteiger partial charge on any atom is -0.369 e. The quantitative estimate of drug-likeness (QED) is 0.317. The van der Waals surface area contributed by atoms with E-state index in [0.29, 0.717) is 5.15 Å². The number of hydrogen-bond donors (Lipinski definition) is 1. The zero-order valence-electron chi connectivity index (χ0n) is 16.6. The number of benzene rings is 2. The Morgan fingerprint density at radius 1 is 0.839 bits per heavy atom. The molecule has 0 fully saturated rings. The number of carbonyl (C=O) groups excluding carboxylic acids is 1. The van der Waals surface area contributed by atoms with Crippen molar-refractivity contribution < 1.29 is 4.79 Å². The molecular formula is C25H19ClN4O. The first-order valence-electron chi connectivity index (χ1n) is 9.69. The van der Waals surface area contributed by atoms with Crippen LogP contribution in [0, 0.1) is 0 Å². The average Bonchev–Trinajstić information content (AvgIpc) is 2.80. The number of aromatic nitrogens is 3. The van der Waals surface area contributed by atoms with Crippen molar-refractivity contribution in [1.29, 1.82) is 0 Å². The van der Waals surface area contributed by atoms with Crippen LogP contribution < -0.4 is 5.73 Å². The van der Waals surface area contributed by atoms with E-state index < -0.39 is 0 Å². The Labute approximate surface area is 184 Å². The van der Waals surface area contributed by atoms with Crippen molar-refractivity contribution in [2.24, 2.45) is 5.73 Å². The van der Waals surface area contributed by atoms with Gasteiger partial charge < -0.3 is 5.73 Å². The monoisotopic (exact) mass is 426 g/mol. The highest BCUT2D eigenvalue weighted by molar-refractivity contribution is 6.30. The van der Waals surface area contributed by atoms with Gasteiger partial charge in [0.25, 0.3) is 0 Å². The van der Waals surface area contributed by atoms with E-state index >= 15 is 0 Å². The molecule has 5 aromatic rings. The molecule has 3 aromatic heterocycles. The zero-order chi connectivity index (χ0) is 21.6. The number of fused-ring (bicyclic) bond motifs is 3. The smallest absolute Gasteiger partial charge is 0.221 e. The second-order valence-electron chi connectivity index (χ2n) is 6.86.